The second kappa shape index (κ2) is 9.21. The van der Waals surface area contributed by atoms with Crippen molar-refractivity contribution >= 4 is 17.4 Å². The lowest BCUT2D eigenvalue weighted by molar-refractivity contribution is 0.0947. The summed E-state index contributed by atoms with van der Waals surface area (Å²) in [5.41, 5.74) is 3.04. The molecular formula is C24H27N7O. The SMILES string of the molecule is O=C(NCCCCn1ccnc1)c1cc2nc(-c3ccccc3)cc(N3CCCC3)n2n1. The summed E-state index contributed by atoms with van der Waals surface area (Å²) in [6, 6.07) is 14.0. The van der Waals surface area contributed by atoms with Gasteiger partial charge in [-0.2, -0.15) is 9.61 Å². The lowest BCUT2D eigenvalue weighted by Crippen LogP contribution is -2.25. The molecule has 164 valence electrons. The second-order valence-electron chi connectivity index (χ2n) is 8.12. The lowest BCUT2D eigenvalue weighted by Gasteiger charge is -2.19. The van der Waals surface area contributed by atoms with Crippen LogP contribution in [0, 0.1) is 0 Å². The average molecular weight is 430 g/mol. The molecule has 1 aromatic carbocycles. The highest BCUT2D eigenvalue weighted by atomic mass is 16.1. The maximum atomic E-state index is 12.8. The summed E-state index contributed by atoms with van der Waals surface area (Å²) in [5, 5.41) is 7.61. The molecule has 0 saturated carbocycles. The van der Waals surface area contributed by atoms with Gasteiger partial charge in [0.15, 0.2) is 11.3 Å². The third-order valence-electron chi connectivity index (χ3n) is 5.83. The number of amides is 1. The Labute approximate surface area is 186 Å². The molecule has 1 aliphatic rings. The highest BCUT2D eigenvalue weighted by Crippen LogP contribution is 2.27. The van der Waals surface area contributed by atoms with E-state index in [1.54, 1.807) is 12.3 Å². The van der Waals surface area contributed by atoms with Crippen LogP contribution in [-0.2, 0) is 6.54 Å². The molecule has 8 heteroatoms. The summed E-state index contributed by atoms with van der Waals surface area (Å²) in [6.45, 7) is 3.50. The third kappa shape index (κ3) is 4.34. The topological polar surface area (TPSA) is 80.4 Å². The molecule has 1 N–H and O–H groups in total. The van der Waals surface area contributed by atoms with Gasteiger partial charge in [0.25, 0.3) is 5.91 Å². The van der Waals surface area contributed by atoms with Gasteiger partial charge in [0.2, 0.25) is 0 Å². The van der Waals surface area contributed by atoms with Gasteiger partial charge in [0.1, 0.15) is 5.82 Å². The molecule has 4 heterocycles. The highest BCUT2D eigenvalue weighted by Gasteiger charge is 2.20. The molecule has 0 bridgehead atoms. The first kappa shape index (κ1) is 20.2. The van der Waals surface area contributed by atoms with Crippen LogP contribution in [0.5, 0.6) is 0 Å². The van der Waals surface area contributed by atoms with Crippen molar-refractivity contribution in [2.24, 2.45) is 0 Å². The molecule has 1 saturated heterocycles. The molecular weight excluding hydrogens is 402 g/mol. The normalized spacial score (nSPS) is 13.7. The Kier molecular flexibility index (Phi) is 5.83. The van der Waals surface area contributed by atoms with Crippen molar-refractivity contribution in [3.05, 3.63) is 66.9 Å². The van der Waals surface area contributed by atoms with Crippen molar-refractivity contribution in [3.63, 3.8) is 0 Å². The van der Waals surface area contributed by atoms with E-state index in [9.17, 15) is 4.79 Å². The number of hydrogen-bond acceptors (Lipinski definition) is 5. The number of aromatic nitrogens is 5. The highest BCUT2D eigenvalue weighted by molar-refractivity contribution is 5.93. The summed E-state index contributed by atoms with van der Waals surface area (Å²) in [6.07, 6.45) is 9.73. The number of rotatable bonds is 8. The Hall–Kier alpha value is -3.68. The molecule has 3 aromatic heterocycles. The first-order chi connectivity index (χ1) is 15.8. The van der Waals surface area contributed by atoms with E-state index in [4.69, 9.17) is 4.98 Å². The summed E-state index contributed by atoms with van der Waals surface area (Å²) in [7, 11) is 0. The quantitative estimate of drug-likeness (QED) is 0.434. The number of imidazole rings is 1. The van der Waals surface area contributed by atoms with Crippen LogP contribution < -0.4 is 10.2 Å². The zero-order valence-electron chi connectivity index (χ0n) is 18.0. The zero-order valence-corrected chi connectivity index (χ0v) is 18.0. The number of fused-ring (bicyclic) bond motifs is 1. The van der Waals surface area contributed by atoms with Crippen LogP contribution >= 0.6 is 0 Å². The van der Waals surface area contributed by atoms with Crippen LogP contribution in [0.4, 0.5) is 5.82 Å². The number of anilines is 1. The number of carbonyl (C=O) groups is 1. The Bertz CT molecular complexity index is 1180. The van der Waals surface area contributed by atoms with Gasteiger partial charge in [-0.3, -0.25) is 4.79 Å². The monoisotopic (exact) mass is 429 g/mol. The van der Waals surface area contributed by atoms with Crippen LogP contribution in [0.25, 0.3) is 16.9 Å². The van der Waals surface area contributed by atoms with Gasteiger partial charge < -0.3 is 14.8 Å². The second-order valence-corrected chi connectivity index (χ2v) is 8.12. The number of carbonyl (C=O) groups excluding carboxylic acids is 1. The van der Waals surface area contributed by atoms with Gasteiger partial charge in [0, 0.05) is 56.3 Å². The maximum absolute atomic E-state index is 12.8. The van der Waals surface area contributed by atoms with E-state index in [1.165, 1.54) is 0 Å². The summed E-state index contributed by atoms with van der Waals surface area (Å²) in [4.78, 5) is 23.9. The predicted molar refractivity (Wildman–Crippen MR) is 124 cm³/mol. The van der Waals surface area contributed by atoms with Crippen LogP contribution in [0.1, 0.15) is 36.2 Å². The van der Waals surface area contributed by atoms with Crippen molar-refractivity contribution in [3.8, 4) is 11.3 Å². The molecule has 1 fully saturated rings. The van der Waals surface area contributed by atoms with Gasteiger partial charge in [-0.1, -0.05) is 30.3 Å². The van der Waals surface area contributed by atoms with E-state index in [2.05, 4.69) is 38.5 Å². The minimum Gasteiger partial charge on any atom is -0.356 e. The van der Waals surface area contributed by atoms with Crippen LogP contribution in [0.3, 0.4) is 0 Å². The number of nitrogens with zero attached hydrogens (tertiary/aromatic N) is 6. The van der Waals surface area contributed by atoms with Gasteiger partial charge in [-0.05, 0) is 25.7 Å². The first-order valence-electron chi connectivity index (χ1n) is 11.2. The Morgan fingerprint density at radius 2 is 1.91 bits per heavy atom. The standard InChI is InChI=1S/C24H27N7O/c32-24(26-10-4-5-12-29-15-11-25-18-29)21-16-22-27-20(19-8-2-1-3-9-19)17-23(31(22)28-21)30-13-6-7-14-30/h1-3,8-9,11,15-18H,4-7,10,12-14H2,(H,26,32). The molecule has 5 rings (SSSR count). The van der Waals surface area contributed by atoms with E-state index in [0.29, 0.717) is 17.9 Å². The smallest absolute Gasteiger partial charge is 0.271 e. The van der Waals surface area contributed by atoms with E-state index in [1.807, 2.05) is 39.8 Å². The number of nitrogens with one attached hydrogen (secondary N) is 1. The van der Waals surface area contributed by atoms with Gasteiger partial charge >= 0.3 is 0 Å². The number of aryl methyl sites for hydroxylation is 1. The molecule has 32 heavy (non-hydrogen) atoms. The number of unbranched alkanes of at least 4 members (excludes halogenated alkanes) is 1. The fourth-order valence-corrected chi connectivity index (χ4v) is 4.13. The molecule has 0 spiro atoms. The third-order valence-corrected chi connectivity index (χ3v) is 5.83. The van der Waals surface area contributed by atoms with Crippen molar-refractivity contribution in [2.45, 2.75) is 32.2 Å². The van der Waals surface area contributed by atoms with Crippen molar-refractivity contribution in [1.29, 1.82) is 0 Å². The molecule has 1 amide bonds. The van der Waals surface area contributed by atoms with E-state index >= 15 is 0 Å². The fourth-order valence-electron chi connectivity index (χ4n) is 4.13. The van der Waals surface area contributed by atoms with E-state index < -0.39 is 0 Å². The lowest BCUT2D eigenvalue weighted by atomic mass is 10.1. The minimum absolute atomic E-state index is 0.160. The summed E-state index contributed by atoms with van der Waals surface area (Å²) >= 11 is 0. The molecule has 0 atom stereocenters. The maximum Gasteiger partial charge on any atom is 0.271 e. The minimum atomic E-state index is -0.160. The molecule has 0 radical (unpaired) electrons. The van der Waals surface area contributed by atoms with E-state index in [0.717, 1.165) is 62.4 Å². The van der Waals surface area contributed by atoms with Crippen molar-refractivity contribution in [2.75, 3.05) is 24.5 Å². The van der Waals surface area contributed by atoms with Gasteiger partial charge in [-0.15, -0.1) is 0 Å². The molecule has 8 nitrogen and oxygen atoms in total. The number of hydrogen-bond donors (Lipinski definition) is 1. The van der Waals surface area contributed by atoms with Crippen molar-refractivity contribution < 1.29 is 4.79 Å². The van der Waals surface area contributed by atoms with Crippen LogP contribution in [-0.4, -0.2) is 49.7 Å². The molecule has 0 aliphatic carbocycles. The van der Waals surface area contributed by atoms with Crippen molar-refractivity contribution in [1.82, 2.24) is 29.5 Å². The Morgan fingerprint density at radius 1 is 1.06 bits per heavy atom. The van der Waals surface area contributed by atoms with Gasteiger partial charge in [0.05, 0.1) is 12.0 Å². The fraction of sp³-hybridized carbons (Fsp3) is 0.333. The predicted octanol–water partition coefficient (Wildman–Crippen LogP) is 3.40. The van der Waals surface area contributed by atoms with E-state index in [-0.39, 0.29) is 5.91 Å². The molecule has 0 unspecified atom stereocenters. The van der Waals surface area contributed by atoms with Crippen LogP contribution in [0.15, 0.2) is 61.2 Å². The number of benzene rings is 1. The Balaban J connectivity index is 1.33. The molecule has 1 aliphatic heterocycles. The largest absolute Gasteiger partial charge is 0.356 e. The zero-order chi connectivity index (χ0) is 21.8. The summed E-state index contributed by atoms with van der Waals surface area (Å²) < 4.78 is 3.85. The summed E-state index contributed by atoms with van der Waals surface area (Å²) in [5.74, 6) is 0.831. The van der Waals surface area contributed by atoms with Crippen LogP contribution in [0.2, 0.25) is 0 Å². The first-order valence-corrected chi connectivity index (χ1v) is 11.2. The molecule has 4 aromatic rings. The van der Waals surface area contributed by atoms with Gasteiger partial charge in [-0.25, -0.2) is 9.97 Å². The average Bonchev–Trinajstić information content (AvgIpc) is 3.60. The Morgan fingerprint density at radius 3 is 2.69 bits per heavy atom.